The molecule has 0 radical (unpaired) electrons. The highest BCUT2D eigenvalue weighted by Crippen LogP contribution is 2.30. The van der Waals surface area contributed by atoms with Gasteiger partial charge in [-0.15, -0.1) is 0 Å². The van der Waals surface area contributed by atoms with Crippen molar-refractivity contribution < 1.29 is 22.9 Å². The van der Waals surface area contributed by atoms with Crippen LogP contribution in [-0.4, -0.2) is 41.2 Å². The van der Waals surface area contributed by atoms with Crippen molar-refractivity contribution in [3.05, 3.63) is 82.2 Å². The fourth-order valence-electron chi connectivity index (χ4n) is 3.39. The number of amides is 1. The van der Waals surface area contributed by atoms with Gasteiger partial charge in [-0.1, -0.05) is 44.2 Å². The Labute approximate surface area is 187 Å². The fourth-order valence-corrected chi connectivity index (χ4v) is 5.07. The van der Waals surface area contributed by atoms with Crippen LogP contribution in [0.4, 0.5) is 10.5 Å². The second kappa shape index (κ2) is 9.39. The number of rotatable bonds is 6. The monoisotopic (exact) mass is 459 g/mol. The van der Waals surface area contributed by atoms with Gasteiger partial charge in [-0.25, -0.2) is 13.2 Å². The molecule has 0 unspecified atom stereocenters. The van der Waals surface area contributed by atoms with Crippen molar-refractivity contribution >= 4 is 21.8 Å². The van der Waals surface area contributed by atoms with Gasteiger partial charge in [-0.05, 0) is 30.5 Å². The molecule has 2 aromatic carbocycles. The number of nitro groups is 1. The van der Waals surface area contributed by atoms with Crippen LogP contribution in [-0.2, 0) is 21.4 Å². The average molecular weight is 460 g/mol. The summed E-state index contributed by atoms with van der Waals surface area (Å²) in [5.74, 6) is -0.114. The zero-order valence-corrected chi connectivity index (χ0v) is 18.9. The number of non-ortho nitro benzene ring substituents is 1. The molecule has 0 saturated carbocycles. The molecule has 1 atom stereocenters. The second-order valence-electron chi connectivity index (χ2n) is 7.82. The number of ether oxygens (including phenoxy) is 1. The summed E-state index contributed by atoms with van der Waals surface area (Å²) in [5.41, 5.74) is 1.08. The molecule has 9 nitrogen and oxygen atoms in total. The van der Waals surface area contributed by atoms with Crippen LogP contribution in [0.3, 0.4) is 0 Å². The first-order valence-corrected chi connectivity index (χ1v) is 11.5. The van der Waals surface area contributed by atoms with Gasteiger partial charge >= 0.3 is 6.09 Å². The van der Waals surface area contributed by atoms with Crippen molar-refractivity contribution in [1.82, 2.24) is 9.21 Å². The number of nitrogens with zero attached hydrogens (tertiary/aromatic N) is 3. The highest BCUT2D eigenvalue weighted by molar-refractivity contribution is 7.89. The number of hydrogen-bond acceptors (Lipinski definition) is 6. The van der Waals surface area contributed by atoms with Gasteiger partial charge in [0.05, 0.1) is 22.4 Å². The Hall–Kier alpha value is -3.40. The Morgan fingerprint density at radius 2 is 1.78 bits per heavy atom. The third-order valence-electron chi connectivity index (χ3n) is 5.25. The lowest BCUT2D eigenvalue weighted by atomic mass is 10.0. The Kier molecular flexibility index (Phi) is 6.83. The number of hydrogen-bond donors (Lipinski definition) is 0. The third-order valence-corrected chi connectivity index (χ3v) is 7.05. The zero-order chi connectivity index (χ0) is 23.5. The molecule has 0 spiro atoms. The van der Waals surface area contributed by atoms with Gasteiger partial charge in [0.15, 0.2) is 0 Å². The lowest BCUT2D eigenvalue weighted by Crippen LogP contribution is -2.52. The molecule has 1 aliphatic heterocycles. The highest BCUT2D eigenvalue weighted by Gasteiger charge is 2.38. The summed E-state index contributed by atoms with van der Waals surface area (Å²) in [4.78, 5) is 24.4. The molecule has 3 rings (SSSR count). The lowest BCUT2D eigenvalue weighted by molar-refractivity contribution is -0.384. The van der Waals surface area contributed by atoms with Crippen LogP contribution >= 0.6 is 0 Å². The van der Waals surface area contributed by atoms with E-state index in [-0.39, 0.29) is 29.7 Å². The second-order valence-corrected chi connectivity index (χ2v) is 9.66. The maximum atomic E-state index is 13.3. The molecule has 0 saturated heterocycles. The smallest absolute Gasteiger partial charge is 0.414 e. The predicted molar refractivity (Wildman–Crippen MR) is 118 cm³/mol. The molecule has 0 bridgehead atoms. The minimum Gasteiger partial charge on any atom is -0.444 e. The van der Waals surface area contributed by atoms with E-state index < -0.39 is 27.1 Å². The quantitative estimate of drug-likeness (QED) is 0.475. The van der Waals surface area contributed by atoms with Crippen molar-refractivity contribution in [1.29, 1.82) is 0 Å². The molecule has 170 valence electrons. The van der Waals surface area contributed by atoms with Crippen molar-refractivity contribution in [2.45, 2.75) is 38.3 Å². The van der Waals surface area contributed by atoms with Gasteiger partial charge in [-0.2, -0.15) is 0 Å². The van der Waals surface area contributed by atoms with Gasteiger partial charge in [0.25, 0.3) is 15.7 Å². The van der Waals surface area contributed by atoms with Crippen LogP contribution in [0, 0.1) is 16.0 Å². The highest BCUT2D eigenvalue weighted by atomic mass is 32.2. The van der Waals surface area contributed by atoms with Crippen molar-refractivity contribution in [3.8, 4) is 0 Å². The Morgan fingerprint density at radius 1 is 1.16 bits per heavy atom. The molecule has 1 heterocycles. The number of carbonyl (C=O) groups is 1. The molecule has 2 aromatic rings. The van der Waals surface area contributed by atoms with E-state index >= 15 is 0 Å². The summed E-state index contributed by atoms with van der Waals surface area (Å²) in [6, 6.07) is 13.5. The molecule has 1 aliphatic rings. The first-order valence-electron chi connectivity index (χ1n) is 10.1. The molecular weight excluding hydrogens is 434 g/mol. The lowest BCUT2D eigenvalue weighted by Gasteiger charge is -2.41. The van der Waals surface area contributed by atoms with Gasteiger partial charge in [-0.3, -0.25) is 19.3 Å². The summed E-state index contributed by atoms with van der Waals surface area (Å²) >= 11 is 0. The number of benzene rings is 2. The number of sulfonamides is 1. The van der Waals surface area contributed by atoms with E-state index in [0.29, 0.717) is 5.70 Å². The predicted octanol–water partition coefficient (Wildman–Crippen LogP) is 4.12. The zero-order valence-electron chi connectivity index (χ0n) is 18.0. The van der Waals surface area contributed by atoms with Gasteiger partial charge in [0, 0.05) is 24.0 Å². The molecule has 0 N–H and O–H groups in total. The first-order chi connectivity index (χ1) is 15.1. The summed E-state index contributed by atoms with van der Waals surface area (Å²) in [6.45, 7) is 5.61. The summed E-state index contributed by atoms with van der Waals surface area (Å²) in [7, 11) is -3.98. The summed E-state index contributed by atoms with van der Waals surface area (Å²) in [6.07, 6.45) is 0.856. The van der Waals surface area contributed by atoms with Crippen LogP contribution in [0.25, 0.3) is 0 Å². The van der Waals surface area contributed by atoms with Gasteiger partial charge in [0.2, 0.25) is 0 Å². The van der Waals surface area contributed by atoms with E-state index in [4.69, 9.17) is 4.74 Å². The van der Waals surface area contributed by atoms with Crippen LogP contribution in [0.15, 0.2) is 71.4 Å². The van der Waals surface area contributed by atoms with E-state index in [9.17, 15) is 23.3 Å². The molecule has 10 heteroatoms. The Balaban J connectivity index is 1.84. The number of nitro benzene ring substituents is 1. The van der Waals surface area contributed by atoms with E-state index in [1.54, 1.807) is 6.92 Å². The molecule has 0 aromatic heterocycles. The van der Waals surface area contributed by atoms with E-state index in [1.165, 1.54) is 27.5 Å². The minimum absolute atomic E-state index is 0.0575. The maximum Gasteiger partial charge on any atom is 0.414 e. The van der Waals surface area contributed by atoms with Gasteiger partial charge in [0.1, 0.15) is 6.61 Å². The molecule has 0 aliphatic carbocycles. The SMILES string of the molecule is CC1=CN(S(=O)(=O)c2ccc([N+](=O)[O-])cc2)[C@@H](C(C)C)CN1C(=O)OCc1ccccc1. The minimum atomic E-state index is -3.98. The van der Waals surface area contributed by atoms with E-state index in [2.05, 4.69) is 0 Å². The topological polar surface area (TPSA) is 110 Å². The van der Waals surface area contributed by atoms with Crippen LogP contribution in [0.1, 0.15) is 26.3 Å². The Morgan fingerprint density at radius 3 is 2.34 bits per heavy atom. The van der Waals surface area contributed by atoms with Crippen LogP contribution in [0.5, 0.6) is 0 Å². The average Bonchev–Trinajstić information content (AvgIpc) is 2.77. The fraction of sp³-hybridized carbons (Fsp3) is 0.318. The van der Waals surface area contributed by atoms with E-state index in [0.717, 1.165) is 17.7 Å². The van der Waals surface area contributed by atoms with Gasteiger partial charge < -0.3 is 4.74 Å². The normalized spacial score (nSPS) is 16.6. The van der Waals surface area contributed by atoms with Crippen LogP contribution in [0.2, 0.25) is 0 Å². The summed E-state index contributed by atoms with van der Waals surface area (Å²) in [5, 5.41) is 10.9. The molecular formula is C22H25N3O6S. The number of allylic oxidation sites excluding steroid dienone is 1. The van der Waals surface area contributed by atoms with Crippen molar-refractivity contribution in [3.63, 3.8) is 0 Å². The molecule has 0 fully saturated rings. The third kappa shape index (κ3) is 4.91. The van der Waals surface area contributed by atoms with E-state index in [1.807, 2.05) is 44.2 Å². The van der Waals surface area contributed by atoms with Crippen molar-refractivity contribution in [2.24, 2.45) is 5.92 Å². The summed E-state index contributed by atoms with van der Waals surface area (Å²) < 4.78 is 33.2. The standard InChI is InChI=1S/C22H25N3O6S/c1-16(2)21-14-23(22(26)31-15-18-7-5-4-6-8-18)17(3)13-24(21)32(29,30)20-11-9-19(10-12-20)25(27)28/h4-13,16,21H,14-15H2,1-3H3/t21-/m1/s1. The van der Waals surface area contributed by atoms with Crippen molar-refractivity contribution in [2.75, 3.05) is 6.54 Å². The van der Waals surface area contributed by atoms with Crippen LogP contribution < -0.4 is 0 Å². The largest absolute Gasteiger partial charge is 0.444 e. The maximum absolute atomic E-state index is 13.3. The Bertz CT molecular complexity index is 1110. The molecule has 1 amide bonds. The number of carbonyl (C=O) groups excluding carboxylic acids is 1. The molecule has 32 heavy (non-hydrogen) atoms. The first kappa shape index (κ1) is 23.3.